The number of hydrogen-bond acceptors (Lipinski definition) is 5. The van der Waals surface area contributed by atoms with Crippen LogP contribution in [-0.2, 0) is 0 Å². The van der Waals surface area contributed by atoms with Crippen LogP contribution < -0.4 is 0 Å². The molecule has 0 saturated carbocycles. The standard InChI is InChI=1S/C20H17FN4O4/c21-15-8-4-7-14(11-15)19(26)24-9-10-25(20(27)28)16(12-24)18-23-22-17(29-18)13-5-2-1-3-6-13/h1-8,11,16H,9-10,12H2,(H,27,28). The fourth-order valence-corrected chi connectivity index (χ4v) is 3.28. The molecule has 1 unspecified atom stereocenters. The molecule has 2 aromatic carbocycles. The van der Waals surface area contributed by atoms with E-state index in [1.165, 1.54) is 23.1 Å². The lowest BCUT2D eigenvalue weighted by atomic mass is 10.1. The summed E-state index contributed by atoms with van der Waals surface area (Å²) in [5.74, 6) is -0.536. The average Bonchev–Trinajstić information content (AvgIpc) is 3.23. The second-order valence-electron chi connectivity index (χ2n) is 6.56. The van der Waals surface area contributed by atoms with Crippen LogP contribution in [0.1, 0.15) is 22.3 Å². The van der Waals surface area contributed by atoms with Gasteiger partial charge < -0.3 is 14.4 Å². The summed E-state index contributed by atoms with van der Waals surface area (Å²) >= 11 is 0. The first kappa shape index (κ1) is 18.6. The Kier molecular flexibility index (Phi) is 4.94. The highest BCUT2D eigenvalue weighted by Gasteiger charge is 2.37. The monoisotopic (exact) mass is 396 g/mol. The van der Waals surface area contributed by atoms with Gasteiger partial charge in [0.25, 0.3) is 5.91 Å². The Hall–Kier alpha value is -3.75. The molecule has 2 heterocycles. The molecule has 0 bridgehead atoms. The predicted molar refractivity (Wildman–Crippen MR) is 99.5 cm³/mol. The molecule has 29 heavy (non-hydrogen) atoms. The lowest BCUT2D eigenvalue weighted by Gasteiger charge is -2.38. The largest absolute Gasteiger partial charge is 0.465 e. The third-order valence-corrected chi connectivity index (χ3v) is 4.73. The van der Waals surface area contributed by atoms with Crippen molar-refractivity contribution in [1.29, 1.82) is 0 Å². The predicted octanol–water partition coefficient (Wildman–Crippen LogP) is 3.05. The van der Waals surface area contributed by atoms with Crippen LogP contribution in [0.25, 0.3) is 11.5 Å². The summed E-state index contributed by atoms with van der Waals surface area (Å²) in [4.78, 5) is 27.1. The molecule has 148 valence electrons. The highest BCUT2D eigenvalue weighted by molar-refractivity contribution is 5.94. The molecule has 1 atom stereocenters. The zero-order chi connectivity index (χ0) is 20.4. The maximum Gasteiger partial charge on any atom is 0.408 e. The Morgan fingerprint density at radius 3 is 2.59 bits per heavy atom. The Bertz CT molecular complexity index is 1040. The van der Waals surface area contributed by atoms with Gasteiger partial charge in [0.15, 0.2) is 0 Å². The van der Waals surface area contributed by atoms with E-state index in [1.54, 1.807) is 12.1 Å². The average molecular weight is 396 g/mol. The maximum absolute atomic E-state index is 13.5. The zero-order valence-corrected chi connectivity index (χ0v) is 15.2. The number of rotatable bonds is 3. The summed E-state index contributed by atoms with van der Waals surface area (Å²) < 4.78 is 19.2. The first-order valence-corrected chi connectivity index (χ1v) is 8.96. The summed E-state index contributed by atoms with van der Waals surface area (Å²) in [6.45, 7) is 0.278. The van der Waals surface area contributed by atoms with Gasteiger partial charge in [-0.1, -0.05) is 24.3 Å². The second-order valence-corrected chi connectivity index (χ2v) is 6.56. The number of hydrogen-bond donors (Lipinski definition) is 1. The van der Waals surface area contributed by atoms with E-state index in [0.717, 1.165) is 11.0 Å². The van der Waals surface area contributed by atoms with Gasteiger partial charge >= 0.3 is 6.09 Å². The van der Waals surface area contributed by atoms with Crippen molar-refractivity contribution in [3.63, 3.8) is 0 Å². The first-order chi connectivity index (χ1) is 14.0. The van der Waals surface area contributed by atoms with E-state index in [4.69, 9.17) is 4.42 Å². The van der Waals surface area contributed by atoms with Gasteiger partial charge in [0.1, 0.15) is 11.9 Å². The molecule has 1 fully saturated rings. The summed E-state index contributed by atoms with van der Waals surface area (Å²) in [6.07, 6.45) is -1.15. The quantitative estimate of drug-likeness (QED) is 0.730. The van der Waals surface area contributed by atoms with Gasteiger partial charge in [0.05, 0.1) is 6.54 Å². The third-order valence-electron chi connectivity index (χ3n) is 4.73. The molecule has 3 aromatic rings. The summed E-state index contributed by atoms with van der Waals surface area (Å²) in [7, 11) is 0. The molecule has 0 aliphatic carbocycles. The Labute approximate surface area is 165 Å². The third kappa shape index (κ3) is 3.79. The van der Waals surface area contributed by atoms with Crippen LogP contribution >= 0.6 is 0 Å². The normalized spacial score (nSPS) is 16.7. The molecule has 0 radical (unpaired) electrons. The Balaban J connectivity index is 1.60. The molecule has 4 rings (SSSR count). The molecule has 0 spiro atoms. The van der Waals surface area contributed by atoms with E-state index in [9.17, 15) is 19.1 Å². The van der Waals surface area contributed by atoms with Gasteiger partial charge in [0, 0.05) is 24.2 Å². The second kappa shape index (κ2) is 7.70. The number of amides is 2. The molecule has 1 aliphatic heterocycles. The topological polar surface area (TPSA) is 99.8 Å². The van der Waals surface area contributed by atoms with Crippen molar-refractivity contribution in [1.82, 2.24) is 20.0 Å². The molecular weight excluding hydrogens is 379 g/mol. The summed E-state index contributed by atoms with van der Waals surface area (Å²) in [5, 5.41) is 17.6. The zero-order valence-electron chi connectivity index (χ0n) is 15.2. The lowest BCUT2D eigenvalue weighted by molar-refractivity contribution is 0.0422. The first-order valence-electron chi connectivity index (χ1n) is 8.96. The number of halogens is 1. The van der Waals surface area contributed by atoms with Crippen LogP contribution in [0.2, 0.25) is 0 Å². The van der Waals surface area contributed by atoms with Crippen LogP contribution in [0.5, 0.6) is 0 Å². The number of carboxylic acid groups (broad SMARTS) is 1. The maximum atomic E-state index is 13.5. The molecule has 1 N–H and O–H groups in total. The van der Waals surface area contributed by atoms with Crippen molar-refractivity contribution in [2.24, 2.45) is 0 Å². The minimum absolute atomic E-state index is 0.0259. The van der Waals surface area contributed by atoms with E-state index >= 15 is 0 Å². The fourth-order valence-electron chi connectivity index (χ4n) is 3.28. The smallest absolute Gasteiger partial charge is 0.408 e. The van der Waals surface area contributed by atoms with E-state index < -0.39 is 18.0 Å². The SMILES string of the molecule is O=C(c1cccc(F)c1)N1CCN(C(=O)O)C(c2nnc(-c3ccccc3)o2)C1. The molecule has 8 nitrogen and oxygen atoms in total. The number of piperazine rings is 1. The molecule has 9 heteroatoms. The number of carbonyl (C=O) groups is 2. The van der Waals surface area contributed by atoms with Crippen molar-refractivity contribution in [2.45, 2.75) is 6.04 Å². The van der Waals surface area contributed by atoms with E-state index in [-0.39, 0.29) is 42.9 Å². The van der Waals surface area contributed by atoms with E-state index in [2.05, 4.69) is 10.2 Å². The molecule has 2 amide bonds. The van der Waals surface area contributed by atoms with Gasteiger partial charge in [-0.2, -0.15) is 0 Å². The van der Waals surface area contributed by atoms with Gasteiger partial charge in [-0.05, 0) is 30.3 Å². The van der Waals surface area contributed by atoms with Crippen LogP contribution in [0.15, 0.2) is 59.0 Å². The van der Waals surface area contributed by atoms with E-state index in [0.29, 0.717) is 5.56 Å². The molecule has 1 saturated heterocycles. The van der Waals surface area contributed by atoms with Crippen LogP contribution in [0.4, 0.5) is 9.18 Å². The summed E-state index contributed by atoms with van der Waals surface area (Å²) in [5.41, 5.74) is 0.902. The molecule has 1 aliphatic rings. The van der Waals surface area contributed by atoms with Gasteiger partial charge in [-0.25, -0.2) is 9.18 Å². The van der Waals surface area contributed by atoms with Crippen LogP contribution in [0, 0.1) is 5.82 Å². The van der Waals surface area contributed by atoms with Crippen molar-refractivity contribution in [3.8, 4) is 11.5 Å². The highest BCUT2D eigenvalue weighted by Crippen LogP contribution is 2.28. The minimum Gasteiger partial charge on any atom is -0.465 e. The van der Waals surface area contributed by atoms with Crippen molar-refractivity contribution >= 4 is 12.0 Å². The Morgan fingerprint density at radius 2 is 1.86 bits per heavy atom. The number of benzene rings is 2. The van der Waals surface area contributed by atoms with Crippen LogP contribution in [0.3, 0.4) is 0 Å². The van der Waals surface area contributed by atoms with E-state index in [1.807, 2.05) is 18.2 Å². The van der Waals surface area contributed by atoms with Gasteiger partial charge in [0.2, 0.25) is 11.8 Å². The summed E-state index contributed by atoms with van der Waals surface area (Å²) in [6, 6.07) is 13.7. The number of nitrogens with zero attached hydrogens (tertiary/aromatic N) is 4. The van der Waals surface area contributed by atoms with Crippen molar-refractivity contribution in [3.05, 3.63) is 71.9 Å². The number of aromatic nitrogens is 2. The van der Waals surface area contributed by atoms with Crippen molar-refractivity contribution < 1.29 is 23.5 Å². The molecule has 1 aromatic heterocycles. The molecular formula is C20H17FN4O4. The lowest BCUT2D eigenvalue weighted by Crippen LogP contribution is -2.52. The van der Waals surface area contributed by atoms with Gasteiger partial charge in [-0.3, -0.25) is 9.69 Å². The van der Waals surface area contributed by atoms with Crippen LogP contribution in [-0.4, -0.2) is 56.7 Å². The van der Waals surface area contributed by atoms with Gasteiger partial charge in [-0.15, -0.1) is 10.2 Å². The highest BCUT2D eigenvalue weighted by atomic mass is 19.1. The fraction of sp³-hybridized carbons (Fsp3) is 0.200. The van der Waals surface area contributed by atoms with Crippen molar-refractivity contribution in [2.75, 3.05) is 19.6 Å². The minimum atomic E-state index is -1.15. The Morgan fingerprint density at radius 1 is 1.07 bits per heavy atom. The number of carbonyl (C=O) groups excluding carboxylic acids is 1.